The number of aromatic amines is 1. The molecule has 6 heteroatoms. The van der Waals surface area contributed by atoms with Crippen molar-refractivity contribution in [3.05, 3.63) is 51.8 Å². The Labute approximate surface area is 121 Å². The Morgan fingerprint density at radius 3 is 2.70 bits per heavy atom. The Morgan fingerprint density at radius 1 is 1.30 bits per heavy atom. The van der Waals surface area contributed by atoms with Crippen molar-refractivity contribution in [2.45, 2.75) is 20.8 Å². The second-order valence-electron chi connectivity index (χ2n) is 3.98. The monoisotopic (exact) mass is 290 g/mol. The largest absolute Gasteiger partial charge is 0.291 e. The van der Waals surface area contributed by atoms with Crippen molar-refractivity contribution < 1.29 is 0 Å². The molecule has 3 rings (SSSR count). The number of nitrogens with zero attached hydrogens (tertiary/aromatic N) is 3. The molecular formula is C14H15ClN4O. The third kappa shape index (κ3) is 2.58. The van der Waals surface area contributed by atoms with Crippen molar-refractivity contribution >= 4 is 22.5 Å². The summed E-state index contributed by atoms with van der Waals surface area (Å²) in [5, 5.41) is 1.12. The van der Waals surface area contributed by atoms with E-state index in [1.165, 1.54) is 0 Å². The molecule has 1 N–H and O–H groups in total. The van der Waals surface area contributed by atoms with Crippen molar-refractivity contribution in [2.24, 2.45) is 0 Å². The van der Waals surface area contributed by atoms with Gasteiger partial charge in [0.1, 0.15) is 6.33 Å². The van der Waals surface area contributed by atoms with E-state index in [0.717, 1.165) is 5.56 Å². The molecule has 0 amide bonds. The number of halogens is 1. The van der Waals surface area contributed by atoms with Crippen LogP contribution < -0.4 is 5.56 Å². The van der Waals surface area contributed by atoms with Crippen LogP contribution in [-0.4, -0.2) is 19.5 Å². The highest BCUT2D eigenvalue weighted by molar-refractivity contribution is 6.32. The fourth-order valence-corrected chi connectivity index (χ4v) is 1.92. The van der Waals surface area contributed by atoms with Gasteiger partial charge in [0, 0.05) is 17.4 Å². The molecule has 0 atom stereocenters. The van der Waals surface area contributed by atoms with Crippen molar-refractivity contribution in [3.63, 3.8) is 0 Å². The lowest BCUT2D eigenvalue weighted by molar-refractivity contribution is 0.929. The van der Waals surface area contributed by atoms with E-state index >= 15 is 0 Å². The highest BCUT2D eigenvalue weighted by Crippen LogP contribution is 2.20. The molecule has 3 aromatic rings. The summed E-state index contributed by atoms with van der Waals surface area (Å²) in [6, 6.07) is 3.43. The highest BCUT2D eigenvalue weighted by Gasteiger charge is 2.07. The van der Waals surface area contributed by atoms with E-state index in [4.69, 9.17) is 11.6 Å². The molecule has 1 aromatic carbocycles. The van der Waals surface area contributed by atoms with E-state index in [1.807, 2.05) is 20.8 Å². The van der Waals surface area contributed by atoms with E-state index < -0.39 is 0 Å². The number of imidazole rings is 1. The van der Waals surface area contributed by atoms with Crippen LogP contribution in [-0.2, 0) is 0 Å². The Kier molecular flexibility index (Phi) is 4.20. The summed E-state index contributed by atoms with van der Waals surface area (Å²) in [4.78, 5) is 23.0. The fraction of sp³-hybridized carbons (Fsp3) is 0.214. The molecule has 0 saturated heterocycles. The van der Waals surface area contributed by atoms with Crippen LogP contribution in [0.25, 0.3) is 16.9 Å². The van der Waals surface area contributed by atoms with Crippen LogP contribution in [0.3, 0.4) is 0 Å². The van der Waals surface area contributed by atoms with E-state index in [0.29, 0.717) is 21.9 Å². The summed E-state index contributed by atoms with van der Waals surface area (Å²) in [5.74, 6) is 0.421. The van der Waals surface area contributed by atoms with Gasteiger partial charge in [-0.25, -0.2) is 9.97 Å². The molecule has 104 valence electrons. The van der Waals surface area contributed by atoms with E-state index in [-0.39, 0.29) is 5.56 Å². The summed E-state index contributed by atoms with van der Waals surface area (Å²) < 4.78 is 1.63. The van der Waals surface area contributed by atoms with E-state index in [1.54, 1.807) is 35.4 Å². The molecule has 2 heterocycles. The number of rotatable bonds is 1. The molecular weight excluding hydrogens is 276 g/mol. The summed E-state index contributed by atoms with van der Waals surface area (Å²) >= 11 is 6.05. The zero-order valence-electron chi connectivity index (χ0n) is 11.5. The van der Waals surface area contributed by atoms with Crippen molar-refractivity contribution in [1.29, 1.82) is 0 Å². The van der Waals surface area contributed by atoms with Gasteiger partial charge in [-0.1, -0.05) is 25.4 Å². The Morgan fingerprint density at radius 2 is 2.05 bits per heavy atom. The van der Waals surface area contributed by atoms with Crippen molar-refractivity contribution in [1.82, 2.24) is 19.5 Å². The quantitative estimate of drug-likeness (QED) is 0.749. The number of hydrogen-bond donors (Lipinski definition) is 1. The van der Waals surface area contributed by atoms with Crippen molar-refractivity contribution in [3.8, 4) is 5.95 Å². The van der Waals surface area contributed by atoms with Gasteiger partial charge in [0.2, 0.25) is 5.95 Å². The second kappa shape index (κ2) is 5.88. The normalized spacial score (nSPS) is 10.2. The third-order valence-electron chi connectivity index (χ3n) is 2.72. The van der Waals surface area contributed by atoms with E-state index in [9.17, 15) is 4.79 Å². The van der Waals surface area contributed by atoms with Gasteiger partial charge in [-0.05, 0) is 24.6 Å². The molecule has 2 aromatic heterocycles. The zero-order chi connectivity index (χ0) is 14.7. The molecule has 0 fully saturated rings. The Bertz CT molecular complexity index is 778. The standard InChI is InChI=1S/C12H9ClN4O.C2H6/c1-7-4-8-10(5-9(7)13)15-12(16-11(8)18)17-3-2-14-6-17;1-2/h2-6H,1H3,(H,15,16,18);1-2H3. The van der Waals surface area contributed by atoms with Gasteiger partial charge >= 0.3 is 0 Å². The summed E-state index contributed by atoms with van der Waals surface area (Å²) in [6.07, 6.45) is 4.89. The molecule has 0 radical (unpaired) electrons. The first-order valence-corrected chi connectivity index (χ1v) is 6.71. The van der Waals surface area contributed by atoms with Gasteiger partial charge in [-0.2, -0.15) is 0 Å². The Hall–Kier alpha value is -2.14. The van der Waals surface area contributed by atoms with Crippen LogP contribution in [0.2, 0.25) is 5.02 Å². The maximum absolute atomic E-state index is 12.0. The average Bonchev–Trinajstić information content (AvgIpc) is 2.97. The summed E-state index contributed by atoms with van der Waals surface area (Å²) in [7, 11) is 0. The number of nitrogens with one attached hydrogen (secondary N) is 1. The van der Waals surface area contributed by atoms with Gasteiger partial charge < -0.3 is 0 Å². The van der Waals surface area contributed by atoms with Gasteiger partial charge in [-0.15, -0.1) is 0 Å². The predicted octanol–water partition coefficient (Wildman–Crippen LogP) is 3.10. The summed E-state index contributed by atoms with van der Waals surface area (Å²) in [6.45, 7) is 5.85. The zero-order valence-corrected chi connectivity index (χ0v) is 12.3. The Balaban J connectivity index is 0.000000704. The highest BCUT2D eigenvalue weighted by atomic mass is 35.5. The maximum atomic E-state index is 12.0. The number of hydrogen-bond acceptors (Lipinski definition) is 3. The van der Waals surface area contributed by atoms with Crippen LogP contribution >= 0.6 is 11.6 Å². The van der Waals surface area contributed by atoms with Gasteiger partial charge in [0.05, 0.1) is 10.9 Å². The molecule has 0 unspecified atom stereocenters. The number of H-pyrrole nitrogens is 1. The SMILES string of the molecule is CC.Cc1cc2c(=O)[nH]c(-n3ccnc3)nc2cc1Cl. The van der Waals surface area contributed by atoms with Crippen LogP contribution in [0.5, 0.6) is 0 Å². The molecule has 0 bridgehead atoms. The molecule has 5 nitrogen and oxygen atoms in total. The predicted molar refractivity (Wildman–Crippen MR) is 80.6 cm³/mol. The topological polar surface area (TPSA) is 63.6 Å². The number of benzene rings is 1. The second-order valence-corrected chi connectivity index (χ2v) is 4.39. The van der Waals surface area contributed by atoms with E-state index in [2.05, 4.69) is 15.0 Å². The number of fused-ring (bicyclic) bond motifs is 1. The first-order valence-electron chi connectivity index (χ1n) is 6.33. The minimum Gasteiger partial charge on any atom is -0.291 e. The summed E-state index contributed by atoms with van der Waals surface area (Å²) in [5.41, 5.74) is 1.23. The van der Waals surface area contributed by atoms with Crippen LogP contribution in [0.15, 0.2) is 35.6 Å². The van der Waals surface area contributed by atoms with Crippen LogP contribution in [0.1, 0.15) is 19.4 Å². The van der Waals surface area contributed by atoms with Gasteiger partial charge in [0.25, 0.3) is 5.56 Å². The molecule has 0 aliphatic heterocycles. The molecule has 0 saturated carbocycles. The van der Waals surface area contributed by atoms with Gasteiger partial charge in [-0.3, -0.25) is 14.3 Å². The minimum atomic E-state index is -0.191. The smallest absolute Gasteiger partial charge is 0.260 e. The lowest BCUT2D eigenvalue weighted by Crippen LogP contribution is -2.13. The minimum absolute atomic E-state index is 0.191. The van der Waals surface area contributed by atoms with Crippen LogP contribution in [0.4, 0.5) is 0 Å². The maximum Gasteiger partial charge on any atom is 0.260 e. The lowest BCUT2D eigenvalue weighted by Gasteiger charge is -2.04. The average molecular weight is 291 g/mol. The molecule has 20 heavy (non-hydrogen) atoms. The van der Waals surface area contributed by atoms with Crippen LogP contribution in [0, 0.1) is 6.92 Å². The molecule has 0 aliphatic rings. The number of aryl methyl sites for hydroxylation is 1. The molecule has 0 aliphatic carbocycles. The lowest BCUT2D eigenvalue weighted by atomic mass is 10.2. The van der Waals surface area contributed by atoms with Crippen molar-refractivity contribution in [2.75, 3.05) is 0 Å². The number of aromatic nitrogens is 4. The fourth-order valence-electron chi connectivity index (χ4n) is 1.76. The first-order chi connectivity index (χ1) is 9.65. The molecule has 0 spiro atoms. The first kappa shape index (κ1) is 14.3. The third-order valence-corrected chi connectivity index (χ3v) is 3.13. The van der Waals surface area contributed by atoms with Gasteiger partial charge in [0.15, 0.2) is 0 Å².